The number of carbonyl (C=O) groups is 1. The molecule has 3 heteroatoms. The molecule has 3 fully saturated rings. The minimum absolute atomic E-state index is 0.235. The minimum atomic E-state index is 0.235. The van der Waals surface area contributed by atoms with Gasteiger partial charge in [-0.15, -0.1) is 0 Å². The Kier molecular flexibility index (Phi) is 5.03. The van der Waals surface area contributed by atoms with E-state index in [0.717, 1.165) is 44.9 Å². The highest BCUT2D eigenvalue weighted by Gasteiger charge is 2.50. The third kappa shape index (κ3) is 4.07. The quantitative estimate of drug-likeness (QED) is 0.693. The summed E-state index contributed by atoms with van der Waals surface area (Å²) in [5, 5.41) is 0. The Labute approximate surface area is 155 Å². The highest BCUT2D eigenvalue weighted by molar-refractivity contribution is 5.79. The molecule has 1 saturated carbocycles. The van der Waals surface area contributed by atoms with Crippen LogP contribution >= 0.6 is 0 Å². The van der Waals surface area contributed by atoms with E-state index >= 15 is 0 Å². The lowest BCUT2D eigenvalue weighted by Crippen LogP contribution is -2.53. The first kappa shape index (κ1) is 19.2. The molecule has 2 aliphatic heterocycles. The molecule has 0 bridgehead atoms. The predicted molar refractivity (Wildman–Crippen MR) is 104 cm³/mol. The van der Waals surface area contributed by atoms with Gasteiger partial charge in [-0.3, -0.25) is 9.69 Å². The number of hydrogen-bond donors (Lipinski definition) is 0. The molecule has 0 aromatic carbocycles. The molecule has 25 heavy (non-hydrogen) atoms. The number of nitrogens with zero attached hydrogens (tertiary/aromatic N) is 2. The maximum atomic E-state index is 13.0. The van der Waals surface area contributed by atoms with Crippen LogP contribution in [0.25, 0.3) is 0 Å². The normalized spacial score (nSPS) is 26.7. The molecule has 1 amide bonds. The van der Waals surface area contributed by atoms with Crippen LogP contribution in [0.1, 0.15) is 80.1 Å². The van der Waals surface area contributed by atoms with E-state index in [9.17, 15) is 4.79 Å². The number of rotatable bonds is 1. The van der Waals surface area contributed by atoms with Crippen molar-refractivity contribution in [3.05, 3.63) is 0 Å². The van der Waals surface area contributed by atoms with Crippen molar-refractivity contribution in [1.29, 1.82) is 0 Å². The van der Waals surface area contributed by atoms with Crippen LogP contribution in [-0.2, 0) is 4.79 Å². The van der Waals surface area contributed by atoms with E-state index in [0.29, 0.717) is 16.7 Å². The molecule has 144 valence electrons. The van der Waals surface area contributed by atoms with E-state index in [4.69, 9.17) is 0 Å². The summed E-state index contributed by atoms with van der Waals surface area (Å²) in [5.74, 6) is 1.61. The lowest BCUT2D eigenvalue weighted by Gasteiger charge is -2.56. The average molecular weight is 349 g/mol. The second kappa shape index (κ2) is 6.55. The molecular weight excluding hydrogens is 308 g/mol. The Hall–Kier alpha value is -0.570. The highest BCUT2D eigenvalue weighted by Crippen LogP contribution is 2.57. The Morgan fingerprint density at radius 2 is 1.40 bits per heavy atom. The summed E-state index contributed by atoms with van der Waals surface area (Å²) < 4.78 is 0. The number of likely N-dealkylation sites (tertiary alicyclic amines) is 2. The number of amides is 1. The zero-order valence-electron chi connectivity index (χ0n) is 17.5. The van der Waals surface area contributed by atoms with Crippen molar-refractivity contribution in [3.8, 4) is 0 Å². The van der Waals surface area contributed by atoms with Gasteiger partial charge in [0.25, 0.3) is 0 Å². The highest BCUT2D eigenvalue weighted by atomic mass is 16.2. The van der Waals surface area contributed by atoms with Gasteiger partial charge in [0.1, 0.15) is 0 Å². The molecule has 1 aliphatic carbocycles. The molecule has 0 N–H and O–H groups in total. The van der Waals surface area contributed by atoms with Crippen molar-refractivity contribution in [2.75, 3.05) is 26.2 Å². The van der Waals surface area contributed by atoms with Crippen LogP contribution < -0.4 is 0 Å². The third-order valence-electron chi connectivity index (χ3n) is 7.51. The van der Waals surface area contributed by atoms with Crippen molar-refractivity contribution < 1.29 is 4.79 Å². The maximum Gasteiger partial charge on any atom is 0.225 e. The van der Waals surface area contributed by atoms with Crippen molar-refractivity contribution in [1.82, 2.24) is 9.80 Å². The van der Waals surface area contributed by atoms with Gasteiger partial charge in [-0.05, 0) is 89.1 Å². The number of hydrogen-bond acceptors (Lipinski definition) is 2. The van der Waals surface area contributed by atoms with Crippen LogP contribution in [0.3, 0.4) is 0 Å². The van der Waals surface area contributed by atoms with E-state index in [-0.39, 0.29) is 11.5 Å². The Bertz CT molecular complexity index is 475. The van der Waals surface area contributed by atoms with Gasteiger partial charge < -0.3 is 4.90 Å². The fourth-order valence-electron chi connectivity index (χ4n) is 5.26. The molecule has 0 atom stereocenters. The largest absolute Gasteiger partial charge is 0.342 e. The Balaban J connectivity index is 1.46. The monoisotopic (exact) mass is 348 g/mol. The van der Waals surface area contributed by atoms with Gasteiger partial charge in [-0.25, -0.2) is 0 Å². The van der Waals surface area contributed by atoms with Crippen molar-refractivity contribution in [2.24, 2.45) is 22.7 Å². The predicted octanol–water partition coefficient (Wildman–Crippen LogP) is 4.56. The summed E-state index contributed by atoms with van der Waals surface area (Å²) in [6, 6.07) is 0. The molecule has 0 aromatic rings. The fourth-order valence-corrected chi connectivity index (χ4v) is 5.26. The summed E-state index contributed by atoms with van der Waals surface area (Å²) in [6.45, 7) is 18.2. The molecule has 3 rings (SSSR count). The first-order valence-electron chi connectivity index (χ1n) is 10.5. The van der Waals surface area contributed by atoms with Crippen LogP contribution in [0.4, 0.5) is 0 Å². The SMILES string of the molecule is CC(C)(C)C1CC2(CCN(C(=O)C3CCN(C(C)(C)C)CC3)CC2)C1. The first-order chi connectivity index (χ1) is 11.5. The minimum Gasteiger partial charge on any atom is -0.342 e. The maximum absolute atomic E-state index is 13.0. The number of carbonyl (C=O) groups excluding carboxylic acids is 1. The van der Waals surface area contributed by atoms with E-state index in [1.165, 1.54) is 25.7 Å². The molecule has 0 aromatic heterocycles. The van der Waals surface area contributed by atoms with Gasteiger partial charge >= 0.3 is 0 Å². The lowest BCUT2D eigenvalue weighted by atomic mass is 9.52. The van der Waals surface area contributed by atoms with Crippen LogP contribution in [-0.4, -0.2) is 47.4 Å². The van der Waals surface area contributed by atoms with Crippen LogP contribution in [0.15, 0.2) is 0 Å². The zero-order chi connectivity index (χ0) is 18.5. The summed E-state index contributed by atoms with van der Waals surface area (Å²) in [6.07, 6.45) is 7.36. The van der Waals surface area contributed by atoms with Gasteiger partial charge in [-0.1, -0.05) is 20.8 Å². The van der Waals surface area contributed by atoms with Gasteiger partial charge in [-0.2, -0.15) is 0 Å². The molecular formula is C22H40N2O. The van der Waals surface area contributed by atoms with E-state index < -0.39 is 0 Å². The third-order valence-corrected chi connectivity index (χ3v) is 7.51. The van der Waals surface area contributed by atoms with Crippen molar-refractivity contribution >= 4 is 5.91 Å². The number of piperidine rings is 2. The van der Waals surface area contributed by atoms with Crippen LogP contribution in [0.5, 0.6) is 0 Å². The molecule has 3 nitrogen and oxygen atoms in total. The smallest absolute Gasteiger partial charge is 0.225 e. The first-order valence-corrected chi connectivity index (χ1v) is 10.5. The topological polar surface area (TPSA) is 23.6 Å². The fraction of sp³-hybridized carbons (Fsp3) is 0.955. The van der Waals surface area contributed by atoms with E-state index in [1.54, 1.807) is 0 Å². The molecule has 2 heterocycles. The second-order valence-corrected chi connectivity index (χ2v) is 11.2. The molecule has 2 saturated heterocycles. The van der Waals surface area contributed by atoms with Crippen molar-refractivity contribution in [2.45, 2.75) is 85.6 Å². The molecule has 0 radical (unpaired) electrons. The second-order valence-electron chi connectivity index (χ2n) is 11.2. The lowest BCUT2D eigenvalue weighted by molar-refractivity contribution is -0.143. The van der Waals surface area contributed by atoms with E-state index in [2.05, 4.69) is 51.3 Å². The van der Waals surface area contributed by atoms with Crippen molar-refractivity contribution in [3.63, 3.8) is 0 Å². The molecule has 1 spiro atoms. The Morgan fingerprint density at radius 3 is 1.84 bits per heavy atom. The molecule has 0 unspecified atom stereocenters. The van der Waals surface area contributed by atoms with E-state index in [1.807, 2.05) is 0 Å². The molecule has 3 aliphatic rings. The summed E-state index contributed by atoms with van der Waals surface area (Å²) in [7, 11) is 0. The zero-order valence-corrected chi connectivity index (χ0v) is 17.5. The van der Waals surface area contributed by atoms with Crippen LogP contribution in [0.2, 0.25) is 0 Å². The summed E-state index contributed by atoms with van der Waals surface area (Å²) in [4.78, 5) is 17.7. The van der Waals surface area contributed by atoms with Gasteiger partial charge in [0.15, 0.2) is 0 Å². The van der Waals surface area contributed by atoms with Gasteiger partial charge in [0.05, 0.1) is 0 Å². The van der Waals surface area contributed by atoms with Gasteiger partial charge in [0.2, 0.25) is 5.91 Å². The Morgan fingerprint density at radius 1 is 0.880 bits per heavy atom. The summed E-state index contributed by atoms with van der Waals surface area (Å²) >= 11 is 0. The standard InChI is InChI=1S/C22H40N2O/c1-20(2,3)18-15-22(16-18)9-13-23(14-10-22)19(25)17-7-11-24(12-8-17)21(4,5)6/h17-18H,7-16H2,1-6H3. The average Bonchev–Trinajstić information content (AvgIpc) is 2.50. The summed E-state index contributed by atoms with van der Waals surface area (Å²) in [5.41, 5.74) is 1.27. The van der Waals surface area contributed by atoms with Gasteiger partial charge in [0, 0.05) is 24.5 Å². The van der Waals surface area contributed by atoms with Crippen LogP contribution in [0, 0.1) is 22.7 Å².